The Hall–Kier alpha value is -0.900. The minimum Gasteiger partial charge on any atom is -0.391 e. The molecule has 0 bridgehead atoms. The van der Waals surface area contributed by atoms with Crippen molar-refractivity contribution in [2.24, 2.45) is 0 Å². The number of hydrogen-bond donors (Lipinski definition) is 2. The first-order valence-electron chi connectivity index (χ1n) is 9.35. The Morgan fingerprint density at radius 1 is 1.09 bits per heavy atom. The van der Waals surface area contributed by atoms with Gasteiger partial charge in [-0.1, -0.05) is 31.0 Å². The average Bonchev–Trinajstić information content (AvgIpc) is 2.57. The van der Waals surface area contributed by atoms with Crippen LogP contribution in [0.25, 0.3) is 0 Å². The second-order valence-corrected chi connectivity index (χ2v) is 7.47. The maximum absolute atomic E-state index is 10.2. The Labute approximate surface area is 141 Å². The van der Waals surface area contributed by atoms with Crippen LogP contribution in [0, 0.1) is 13.8 Å². The average molecular weight is 316 g/mol. The first-order valence-corrected chi connectivity index (χ1v) is 9.35. The molecule has 0 spiro atoms. The van der Waals surface area contributed by atoms with E-state index in [1.807, 2.05) is 0 Å². The van der Waals surface area contributed by atoms with E-state index < -0.39 is 0 Å². The number of nitrogens with one attached hydrogen (secondary N) is 1. The van der Waals surface area contributed by atoms with Crippen molar-refractivity contribution >= 4 is 0 Å². The van der Waals surface area contributed by atoms with Crippen LogP contribution < -0.4 is 5.32 Å². The van der Waals surface area contributed by atoms with Crippen LogP contribution in [0.5, 0.6) is 0 Å². The van der Waals surface area contributed by atoms with Crippen LogP contribution in [-0.2, 0) is 6.54 Å². The minimum absolute atomic E-state index is 0.0943. The summed E-state index contributed by atoms with van der Waals surface area (Å²) in [5, 5.41) is 14.0. The number of hydrogen-bond acceptors (Lipinski definition) is 3. The zero-order chi connectivity index (χ0) is 16.2. The van der Waals surface area contributed by atoms with Crippen LogP contribution in [0.4, 0.5) is 0 Å². The number of aryl methyl sites for hydroxylation is 1. The molecule has 23 heavy (non-hydrogen) atoms. The van der Waals surface area contributed by atoms with Crippen molar-refractivity contribution in [3.8, 4) is 0 Å². The van der Waals surface area contributed by atoms with E-state index in [1.54, 1.807) is 0 Å². The summed E-state index contributed by atoms with van der Waals surface area (Å²) in [7, 11) is 0. The van der Waals surface area contributed by atoms with Crippen molar-refractivity contribution < 1.29 is 5.11 Å². The summed E-state index contributed by atoms with van der Waals surface area (Å²) in [6.45, 7) is 7.65. The van der Waals surface area contributed by atoms with E-state index in [1.165, 1.54) is 48.8 Å². The Morgan fingerprint density at radius 2 is 1.83 bits per heavy atom. The molecule has 1 heterocycles. The van der Waals surface area contributed by atoms with E-state index in [-0.39, 0.29) is 6.10 Å². The van der Waals surface area contributed by atoms with Gasteiger partial charge >= 0.3 is 0 Å². The summed E-state index contributed by atoms with van der Waals surface area (Å²) in [6, 6.07) is 7.62. The third kappa shape index (κ3) is 4.14. The number of rotatable bonds is 4. The SMILES string of the molecule is Cc1cccc(CNC2CCN(C3CCCCC3O)CC2)c1C. The quantitative estimate of drug-likeness (QED) is 0.895. The number of piperidine rings is 1. The van der Waals surface area contributed by atoms with Gasteiger partial charge in [-0.05, 0) is 56.2 Å². The molecular weight excluding hydrogens is 284 g/mol. The van der Waals surface area contributed by atoms with Crippen LogP contribution in [0.15, 0.2) is 18.2 Å². The lowest BCUT2D eigenvalue weighted by atomic mass is 9.89. The molecule has 2 atom stereocenters. The second-order valence-electron chi connectivity index (χ2n) is 7.47. The number of nitrogens with zero attached hydrogens (tertiary/aromatic N) is 1. The predicted molar refractivity (Wildman–Crippen MR) is 95.6 cm³/mol. The van der Waals surface area contributed by atoms with E-state index in [0.717, 1.165) is 26.1 Å². The van der Waals surface area contributed by atoms with Gasteiger partial charge in [-0.3, -0.25) is 4.90 Å². The Bertz CT molecular complexity index is 508. The molecule has 3 heteroatoms. The molecule has 1 saturated carbocycles. The zero-order valence-corrected chi connectivity index (χ0v) is 14.7. The Balaban J connectivity index is 1.47. The van der Waals surface area contributed by atoms with Crippen LogP contribution in [0.3, 0.4) is 0 Å². The minimum atomic E-state index is -0.0943. The Kier molecular flexibility index (Phi) is 5.73. The lowest BCUT2D eigenvalue weighted by Gasteiger charge is -2.41. The maximum atomic E-state index is 10.2. The van der Waals surface area contributed by atoms with Crippen molar-refractivity contribution in [1.29, 1.82) is 0 Å². The molecule has 1 aliphatic heterocycles. The van der Waals surface area contributed by atoms with Crippen LogP contribution in [0.2, 0.25) is 0 Å². The third-order valence-corrected chi connectivity index (χ3v) is 5.99. The fourth-order valence-electron chi connectivity index (χ4n) is 4.21. The van der Waals surface area contributed by atoms with Crippen molar-refractivity contribution in [3.05, 3.63) is 34.9 Å². The fraction of sp³-hybridized carbons (Fsp3) is 0.700. The molecule has 2 N–H and O–H groups in total. The normalized spacial score (nSPS) is 27.3. The smallest absolute Gasteiger partial charge is 0.0695 e. The van der Waals surface area contributed by atoms with Gasteiger partial charge in [-0.15, -0.1) is 0 Å². The molecule has 2 fully saturated rings. The lowest BCUT2D eigenvalue weighted by molar-refractivity contribution is 0.00714. The number of benzene rings is 1. The standard InChI is InChI=1S/C20H32N2O/c1-15-6-5-7-17(16(15)2)14-21-18-10-12-22(13-11-18)19-8-3-4-9-20(19)23/h5-7,18-21,23H,3-4,8-14H2,1-2H3. The summed E-state index contributed by atoms with van der Waals surface area (Å²) in [6.07, 6.45) is 6.97. The number of aliphatic hydroxyl groups excluding tert-OH is 1. The zero-order valence-electron chi connectivity index (χ0n) is 14.7. The highest BCUT2D eigenvalue weighted by molar-refractivity contribution is 5.32. The molecule has 0 aromatic heterocycles. The van der Waals surface area contributed by atoms with Crippen molar-refractivity contribution in [2.45, 2.75) is 77.1 Å². The molecule has 3 rings (SSSR count). The van der Waals surface area contributed by atoms with Gasteiger partial charge in [-0.25, -0.2) is 0 Å². The molecule has 0 amide bonds. The van der Waals surface area contributed by atoms with Crippen LogP contribution in [-0.4, -0.2) is 41.3 Å². The highest BCUT2D eigenvalue weighted by atomic mass is 16.3. The Morgan fingerprint density at radius 3 is 2.57 bits per heavy atom. The number of aliphatic hydroxyl groups is 1. The van der Waals surface area contributed by atoms with Gasteiger partial charge in [0.05, 0.1) is 6.10 Å². The first kappa shape index (κ1) is 16.9. The predicted octanol–water partition coefficient (Wildman–Crippen LogP) is 3.16. The van der Waals surface area contributed by atoms with Crippen molar-refractivity contribution in [2.75, 3.05) is 13.1 Å². The van der Waals surface area contributed by atoms with E-state index in [2.05, 4.69) is 42.3 Å². The monoisotopic (exact) mass is 316 g/mol. The molecule has 3 nitrogen and oxygen atoms in total. The highest BCUT2D eigenvalue weighted by Crippen LogP contribution is 2.26. The van der Waals surface area contributed by atoms with Crippen molar-refractivity contribution in [3.63, 3.8) is 0 Å². The molecule has 2 unspecified atom stereocenters. The van der Waals surface area contributed by atoms with E-state index in [4.69, 9.17) is 0 Å². The topological polar surface area (TPSA) is 35.5 Å². The van der Waals surface area contributed by atoms with E-state index in [0.29, 0.717) is 12.1 Å². The van der Waals surface area contributed by atoms with Crippen LogP contribution >= 0.6 is 0 Å². The molecular formula is C20H32N2O. The summed E-state index contributed by atoms with van der Waals surface area (Å²) in [5.41, 5.74) is 4.23. The van der Waals surface area contributed by atoms with Crippen molar-refractivity contribution in [1.82, 2.24) is 10.2 Å². The van der Waals surface area contributed by atoms with Gasteiger partial charge in [0, 0.05) is 31.7 Å². The lowest BCUT2D eigenvalue weighted by Crippen LogP contribution is -2.51. The number of likely N-dealkylation sites (tertiary alicyclic amines) is 1. The van der Waals surface area contributed by atoms with Gasteiger partial charge < -0.3 is 10.4 Å². The summed E-state index contributed by atoms with van der Waals surface area (Å²) in [5.74, 6) is 0. The van der Waals surface area contributed by atoms with E-state index in [9.17, 15) is 5.11 Å². The van der Waals surface area contributed by atoms with Gasteiger partial charge in [0.2, 0.25) is 0 Å². The molecule has 2 aliphatic rings. The van der Waals surface area contributed by atoms with Crippen LogP contribution in [0.1, 0.15) is 55.2 Å². The third-order valence-electron chi connectivity index (χ3n) is 5.99. The molecule has 128 valence electrons. The molecule has 0 radical (unpaired) electrons. The maximum Gasteiger partial charge on any atom is 0.0695 e. The molecule has 1 aromatic carbocycles. The van der Waals surface area contributed by atoms with Gasteiger partial charge in [-0.2, -0.15) is 0 Å². The molecule has 1 aliphatic carbocycles. The van der Waals surface area contributed by atoms with Gasteiger partial charge in [0.25, 0.3) is 0 Å². The second kappa shape index (κ2) is 7.78. The largest absolute Gasteiger partial charge is 0.391 e. The van der Waals surface area contributed by atoms with Gasteiger partial charge in [0.15, 0.2) is 0 Å². The van der Waals surface area contributed by atoms with Gasteiger partial charge in [0.1, 0.15) is 0 Å². The summed E-state index contributed by atoms with van der Waals surface area (Å²) < 4.78 is 0. The molecule has 1 aromatic rings. The van der Waals surface area contributed by atoms with E-state index >= 15 is 0 Å². The first-order chi connectivity index (χ1) is 11.1. The summed E-state index contributed by atoms with van der Waals surface area (Å²) >= 11 is 0. The summed E-state index contributed by atoms with van der Waals surface area (Å²) in [4.78, 5) is 2.54. The highest BCUT2D eigenvalue weighted by Gasteiger charge is 2.31. The molecule has 1 saturated heterocycles. The fourth-order valence-corrected chi connectivity index (χ4v) is 4.21.